The highest BCUT2D eigenvalue weighted by Crippen LogP contribution is 2.35. The number of aliphatic hydroxyl groups excluding tert-OH is 3. The van der Waals surface area contributed by atoms with Gasteiger partial charge in [0.2, 0.25) is 12.1 Å². The Balaban J connectivity index is 1.67. The molecule has 228 valence electrons. The van der Waals surface area contributed by atoms with Crippen LogP contribution in [0.2, 0.25) is 0 Å². The highest BCUT2D eigenvalue weighted by Gasteiger charge is 2.49. The molecule has 0 spiro atoms. The number of ketones is 3. The van der Waals surface area contributed by atoms with Crippen molar-refractivity contribution in [2.45, 2.75) is 43.2 Å². The lowest BCUT2D eigenvalue weighted by Crippen LogP contribution is -2.61. The van der Waals surface area contributed by atoms with E-state index in [9.17, 15) is 49.2 Å². The van der Waals surface area contributed by atoms with Crippen molar-refractivity contribution in [2.75, 3.05) is 17.7 Å². The second-order valence-electron chi connectivity index (χ2n) is 9.48. The van der Waals surface area contributed by atoms with Gasteiger partial charge in [0.25, 0.3) is 11.7 Å². The van der Waals surface area contributed by atoms with Crippen molar-refractivity contribution >= 4 is 46.6 Å². The summed E-state index contributed by atoms with van der Waals surface area (Å²) in [4.78, 5) is 73.2. The number of para-hydroxylation sites is 1. The molecule has 2 aromatic rings. The Morgan fingerprint density at radius 2 is 1.74 bits per heavy atom. The Morgan fingerprint density at radius 1 is 1.05 bits per heavy atom. The largest absolute Gasteiger partial charge is 0.507 e. The molecule has 17 heteroatoms. The van der Waals surface area contributed by atoms with Crippen LogP contribution in [-0.2, 0) is 23.9 Å². The molecule has 43 heavy (non-hydrogen) atoms. The Hall–Kier alpha value is -4.94. The first-order valence-corrected chi connectivity index (χ1v) is 12.4. The molecule has 2 aliphatic rings. The second-order valence-corrected chi connectivity index (χ2v) is 9.48. The van der Waals surface area contributed by atoms with Crippen molar-refractivity contribution in [3.63, 3.8) is 0 Å². The van der Waals surface area contributed by atoms with Crippen LogP contribution in [0.25, 0.3) is 0 Å². The third-order valence-corrected chi connectivity index (χ3v) is 6.68. The molecule has 1 amide bonds. The number of ether oxygens (including phenoxy) is 3. The van der Waals surface area contributed by atoms with Crippen molar-refractivity contribution in [3.8, 4) is 11.5 Å². The normalized spacial score (nSPS) is 24.0. The molecule has 4 rings (SSSR count). The number of carboxylic acids is 1. The van der Waals surface area contributed by atoms with Gasteiger partial charge in [0.15, 0.2) is 11.9 Å². The number of amides is 1. The zero-order chi connectivity index (χ0) is 31.7. The molecule has 1 fully saturated rings. The fourth-order valence-electron chi connectivity index (χ4n) is 4.41. The lowest BCUT2D eigenvalue weighted by molar-refractivity contribution is -0.276. The van der Waals surface area contributed by atoms with E-state index in [4.69, 9.17) is 30.8 Å². The minimum absolute atomic E-state index is 0.191. The summed E-state index contributed by atoms with van der Waals surface area (Å²) in [5.41, 5.74) is 9.13. The fraction of sp³-hybridized carbons (Fsp3) is 0.308. The summed E-state index contributed by atoms with van der Waals surface area (Å²) in [6, 6.07) is 4.25. The first-order valence-electron chi connectivity index (χ1n) is 12.4. The van der Waals surface area contributed by atoms with Crippen molar-refractivity contribution in [1.82, 2.24) is 0 Å². The number of anilines is 2. The van der Waals surface area contributed by atoms with E-state index < -0.39 is 102 Å². The van der Waals surface area contributed by atoms with Gasteiger partial charge in [-0.1, -0.05) is 6.07 Å². The number of benzene rings is 2. The number of carbonyl (C=O) groups is 6. The number of rotatable bonds is 9. The highest BCUT2D eigenvalue weighted by atomic mass is 16.7. The van der Waals surface area contributed by atoms with E-state index in [2.05, 4.69) is 5.32 Å². The summed E-state index contributed by atoms with van der Waals surface area (Å²) in [5.74, 6) is -9.04. The third kappa shape index (κ3) is 5.87. The number of nitrogens with two attached hydrogens (primary N) is 2. The minimum atomic E-state index is -2.02. The number of aromatic hydroxyl groups is 1. The van der Waals surface area contributed by atoms with Crippen molar-refractivity contribution in [3.05, 3.63) is 47.0 Å². The van der Waals surface area contributed by atoms with E-state index in [1.807, 2.05) is 0 Å². The number of esters is 1. The molecule has 0 aliphatic carbocycles. The maximum atomic E-state index is 13.3. The number of carbonyl (C=O) groups excluding carboxylic acids is 5. The molecule has 17 nitrogen and oxygen atoms in total. The molecule has 1 saturated heterocycles. The number of aliphatic hydroxyl groups is 3. The number of phenolic OH excluding ortho intramolecular Hbond substituents is 1. The number of Topliss-reactive ketones (excluding diaryl/α,β-unsaturated/α-hetero) is 3. The van der Waals surface area contributed by atoms with Crippen LogP contribution in [0.1, 0.15) is 37.5 Å². The smallest absolute Gasteiger partial charge is 0.343 e. The van der Waals surface area contributed by atoms with Crippen LogP contribution in [0.5, 0.6) is 11.5 Å². The highest BCUT2D eigenvalue weighted by molar-refractivity contribution is 6.71. The molecule has 2 aromatic carbocycles. The first-order chi connectivity index (χ1) is 20.3. The standard InChI is InChI=1S/C26H25N3O14/c27-9(24(38)39)6-12(32)8-2-1-3-13(17(8)28)41-26-22(20(35)18(33)14(7-30)42-26)43-25(40)16-11(31)5-4-10-15(16)19(34)21(36)23(37)29-10/h1-5,9,14,18,20,22,26,30-31,33,35H,6-7,27-28H2,(H,29,37)(H,38,39)/t9-,14+,18+,20-,22+,26?/m0/s1. The minimum Gasteiger partial charge on any atom is -0.507 e. The van der Waals surface area contributed by atoms with Crippen molar-refractivity contribution in [1.29, 1.82) is 0 Å². The van der Waals surface area contributed by atoms with E-state index in [0.717, 1.165) is 12.1 Å². The quantitative estimate of drug-likeness (QED) is 0.0491. The molecule has 0 saturated carbocycles. The summed E-state index contributed by atoms with van der Waals surface area (Å²) >= 11 is 0. The second kappa shape index (κ2) is 12.1. The van der Waals surface area contributed by atoms with Crippen molar-refractivity contribution in [2.24, 2.45) is 5.73 Å². The van der Waals surface area contributed by atoms with E-state index in [-0.39, 0.29) is 22.7 Å². The Kier molecular flexibility index (Phi) is 8.74. The summed E-state index contributed by atoms with van der Waals surface area (Å²) in [5, 5.41) is 52.3. The van der Waals surface area contributed by atoms with Gasteiger partial charge in [-0.25, -0.2) is 4.79 Å². The topological polar surface area (TPSA) is 295 Å². The molecule has 0 aromatic heterocycles. The molecule has 0 radical (unpaired) electrons. The SMILES string of the molecule is Nc1c(OC2O[C@H](CO)[C@@H](O)[C@H](O)[C@H]2OC(=O)c2c(O)ccc3c2C(=O)C(=O)C(=O)N3)cccc1C(=O)C[C@H](N)C(=O)O. The van der Waals surface area contributed by atoms with Gasteiger partial charge < -0.3 is 56.5 Å². The maximum absolute atomic E-state index is 13.3. The number of nitrogen functional groups attached to an aromatic ring is 1. The van der Waals surface area contributed by atoms with E-state index in [1.54, 1.807) is 0 Å². The van der Waals surface area contributed by atoms with Crippen LogP contribution in [0.3, 0.4) is 0 Å². The first kappa shape index (κ1) is 31.0. The molecular formula is C26H25N3O14. The Labute approximate surface area is 240 Å². The van der Waals surface area contributed by atoms with Gasteiger partial charge in [0, 0.05) is 12.0 Å². The van der Waals surface area contributed by atoms with Crippen LogP contribution in [0, 0.1) is 0 Å². The average molecular weight is 603 g/mol. The molecule has 0 bridgehead atoms. The predicted octanol–water partition coefficient (Wildman–Crippen LogP) is -2.29. The van der Waals surface area contributed by atoms with Crippen LogP contribution in [0.4, 0.5) is 11.4 Å². The van der Waals surface area contributed by atoms with Crippen LogP contribution in [0.15, 0.2) is 30.3 Å². The van der Waals surface area contributed by atoms with E-state index >= 15 is 0 Å². The average Bonchev–Trinajstić information content (AvgIpc) is 2.96. The summed E-state index contributed by atoms with van der Waals surface area (Å²) < 4.78 is 16.4. The van der Waals surface area contributed by atoms with Gasteiger partial charge in [-0.2, -0.15) is 0 Å². The summed E-state index contributed by atoms with van der Waals surface area (Å²) in [6.07, 6.45) is -9.78. The molecule has 6 atom stereocenters. The summed E-state index contributed by atoms with van der Waals surface area (Å²) in [7, 11) is 0. The molecular weight excluding hydrogens is 578 g/mol. The van der Waals surface area contributed by atoms with Gasteiger partial charge in [0.05, 0.1) is 23.5 Å². The predicted molar refractivity (Wildman–Crippen MR) is 139 cm³/mol. The van der Waals surface area contributed by atoms with E-state index in [0.29, 0.717) is 0 Å². The Bertz CT molecular complexity index is 1520. The zero-order valence-electron chi connectivity index (χ0n) is 21.8. The monoisotopic (exact) mass is 603 g/mol. The number of hydrogen-bond donors (Lipinski definition) is 8. The van der Waals surface area contributed by atoms with Gasteiger partial charge in [-0.15, -0.1) is 0 Å². The lowest BCUT2D eigenvalue weighted by atomic mass is 9.94. The molecule has 10 N–H and O–H groups in total. The van der Waals surface area contributed by atoms with Gasteiger partial charge in [-0.05, 0) is 24.3 Å². The zero-order valence-corrected chi connectivity index (χ0v) is 21.8. The molecule has 1 unspecified atom stereocenters. The van der Waals surface area contributed by atoms with Crippen LogP contribution < -0.4 is 21.5 Å². The maximum Gasteiger partial charge on any atom is 0.343 e. The third-order valence-electron chi connectivity index (χ3n) is 6.68. The van der Waals surface area contributed by atoms with Crippen molar-refractivity contribution < 1.29 is 68.5 Å². The number of aliphatic carboxylic acids is 1. The fourth-order valence-corrected chi connectivity index (χ4v) is 4.41. The number of nitrogens with one attached hydrogen (secondary N) is 1. The number of fused-ring (bicyclic) bond motifs is 1. The molecule has 2 aliphatic heterocycles. The van der Waals surface area contributed by atoms with Crippen LogP contribution >= 0.6 is 0 Å². The molecule has 2 heterocycles. The van der Waals surface area contributed by atoms with Gasteiger partial charge in [0.1, 0.15) is 41.4 Å². The summed E-state index contributed by atoms with van der Waals surface area (Å²) in [6.45, 7) is -0.844. The number of hydrogen-bond acceptors (Lipinski definition) is 15. The van der Waals surface area contributed by atoms with Gasteiger partial charge in [-0.3, -0.25) is 24.0 Å². The van der Waals surface area contributed by atoms with E-state index in [1.165, 1.54) is 18.2 Å². The number of phenols is 1. The Morgan fingerprint density at radius 3 is 2.40 bits per heavy atom. The lowest BCUT2D eigenvalue weighted by Gasteiger charge is -2.41. The van der Waals surface area contributed by atoms with Crippen LogP contribution in [-0.4, -0.2) is 104 Å². The van der Waals surface area contributed by atoms with Gasteiger partial charge >= 0.3 is 11.9 Å². The number of carboxylic acid groups (broad SMARTS) is 1.